The van der Waals surface area contributed by atoms with Gasteiger partial charge in [0.05, 0.1) is 11.5 Å². The first kappa shape index (κ1) is 9.43. The van der Waals surface area contributed by atoms with Crippen molar-refractivity contribution < 1.29 is 8.42 Å². The van der Waals surface area contributed by atoms with Crippen LogP contribution in [0.15, 0.2) is 0 Å². The van der Waals surface area contributed by atoms with Gasteiger partial charge in [-0.3, -0.25) is 0 Å². The Morgan fingerprint density at radius 2 is 1.92 bits per heavy atom. The second-order valence-electron chi connectivity index (χ2n) is 4.25. The van der Waals surface area contributed by atoms with Gasteiger partial charge in [-0.1, -0.05) is 0 Å². The Morgan fingerprint density at radius 3 is 2.38 bits per heavy atom. The van der Waals surface area contributed by atoms with Gasteiger partial charge in [0.15, 0.2) is 0 Å². The molecule has 1 atom stereocenters. The summed E-state index contributed by atoms with van der Waals surface area (Å²) in [6.07, 6.45) is 1.48. The molecule has 13 heavy (non-hydrogen) atoms. The third kappa shape index (κ3) is 1.60. The second-order valence-corrected chi connectivity index (χ2v) is 6.56. The lowest BCUT2D eigenvalue weighted by Gasteiger charge is -2.35. The fourth-order valence-corrected chi connectivity index (χ4v) is 3.96. The SMILES string of the molecule is NC1CNCC12CCS(=O)(=O)CC2. The minimum atomic E-state index is -2.75. The Labute approximate surface area is 78.8 Å². The summed E-state index contributed by atoms with van der Waals surface area (Å²) in [5.41, 5.74) is 6.05. The number of hydrogen-bond donors (Lipinski definition) is 2. The number of sulfone groups is 1. The van der Waals surface area contributed by atoms with E-state index in [2.05, 4.69) is 5.32 Å². The molecule has 0 saturated carbocycles. The highest BCUT2D eigenvalue weighted by atomic mass is 32.2. The van der Waals surface area contributed by atoms with E-state index < -0.39 is 9.84 Å². The number of rotatable bonds is 0. The van der Waals surface area contributed by atoms with Crippen molar-refractivity contribution in [1.82, 2.24) is 5.32 Å². The Balaban J connectivity index is 2.12. The maximum absolute atomic E-state index is 11.2. The first-order valence-corrected chi connectivity index (χ1v) is 6.53. The van der Waals surface area contributed by atoms with Gasteiger partial charge in [0.2, 0.25) is 0 Å². The number of nitrogens with one attached hydrogen (secondary N) is 1. The minimum Gasteiger partial charge on any atom is -0.326 e. The van der Waals surface area contributed by atoms with Crippen LogP contribution in [0.1, 0.15) is 12.8 Å². The van der Waals surface area contributed by atoms with Crippen LogP contribution in [0.3, 0.4) is 0 Å². The first-order valence-electron chi connectivity index (χ1n) is 4.71. The van der Waals surface area contributed by atoms with Crippen LogP contribution in [0.25, 0.3) is 0 Å². The smallest absolute Gasteiger partial charge is 0.150 e. The standard InChI is InChI=1S/C8H16N2O2S/c9-7-5-10-6-8(7)1-3-13(11,12)4-2-8/h7,10H,1-6,9H2. The van der Waals surface area contributed by atoms with Crippen LogP contribution in [0.2, 0.25) is 0 Å². The normalized spacial score (nSPS) is 36.5. The molecule has 0 radical (unpaired) electrons. The largest absolute Gasteiger partial charge is 0.326 e. The topological polar surface area (TPSA) is 72.2 Å². The van der Waals surface area contributed by atoms with Gasteiger partial charge in [-0.25, -0.2) is 8.42 Å². The monoisotopic (exact) mass is 204 g/mol. The van der Waals surface area contributed by atoms with Gasteiger partial charge in [0.1, 0.15) is 9.84 Å². The highest BCUT2D eigenvalue weighted by Crippen LogP contribution is 2.36. The van der Waals surface area contributed by atoms with Crippen LogP contribution in [0.4, 0.5) is 0 Å². The average molecular weight is 204 g/mol. The molecule has 1 unspecified atom stereocenters. The predicted molar refractivity (Wildman–Crippen MR) is 51.2 cm³/mol. The minimum absolute atomic E-state index is 0.0747. The summed E-state index contributed by atoms with van der Waals surface area (Å²) < 4.78 is 22.5. The summed E-state index contributed by atoms with van der Waals surface area (Å²) in [7, 11) is -2.75. The van der Waals surface area contributed by atoms with Crippen molar-refractivity contribution in [3.8, 4) is 0 Å². The van der Waals surface area contributed by atoms with Crippen molar-refractivity contribution in [2.24, 2.45) is 11.1 Å². The first-order chi connectivity index (χ1) is 6.04. The Hall–Kier alpha value is -0.130. The van der Waals surface area contributed by atoms with Crippen LogP contribution < -0.4 is 11.1 Å². The molecule has 3 N–H and O–H groups in total. The fourth-order valence-electron chi connectivity index (χ4n) is 2.32. The molecule has 0 bridgehead atoms. The van der Waals surface area contributed by atoms with Gasteiger partial charge >= 0.3 is 0 Å². The molecule has 2 aliphatic heterocycles. The fraction of sp³-hybridized carbons (Fsp3) is 1.00. The number of nitrogens with two attached hydrogens (primary N) is 1. The van der Waals surface area contributed by atoms with Crippen LogP contribution in [0, 0.1) is 5.41 Å². The van der Waals surface area contributed by atoms with Gasteiger partial charge < -0.3 is 11.1 Å². The maximum Gasteiger partial charge on any atom is 0.150 e. The quantitative estimate of drug-likeness (QED) is 0.537. The third-order valence-corrected chi connectivity index (χ3v) is 5.10. The van der Waals surface area contributed by atoms with E-state index in [0.29, 0.717) is 11.5 Å². The Kier molecular flexibility index (Phi) is 2.13. The van der Waals surface area contributed by atoms with Crippen molar-refractivity contribution in [2.75, 3.05) is 24.6 Å². The van der Waals surface area contributed by atoms with Crippen molar-refractivity contribution in [2.45, 2.75) is 18.9 Å². The average Bonchev–Trinajstić information content (AvgIpc) is 2.41. The lowest BCUT2D eigenvalue weighted by molar-refractivity contribution is 0.255. The summed E-state index contributed by atoms with van der Waals surface area (Å²) in [5.74, 6) is 0.644. The zero-order valence-electron chi connectivity index (χ0n) is 7.62. The third-order valence-electron chi connectivity index (χ3n) is 3.45. The molecule has 0 aromatic heterocycles. The summed E-state index contributed by atoms with van der Waals surface area (Å²) in [4.78, 5) is 0. The Bertz CT molecular complexity index is 285. The zero-order chi connectivity index (χ0) is 9.53. The number of hydrogen-bond acceptors (Lipinski definition) is 4. The van der Waals surface area contributed by atoms with Crippen molar-refractivity contribution >= 4 is 9.84 Å². The molecule has 76 valence electrons. The highest BCUT2D eigenvalue weighted by Gasteiger charge is 2.44. The zero-order valence-corrected chi connectivity index (χ0v) is 8.44. The van der Waals surface area contributed by atoms with Crippen molar-refractivity contribution in [3.63, 3.8) is 0 Å². The maximum atomic E-state index is 11.2. The predicted octanol–water partition coefficient (Wildman–Crippen LogP) is -0.888. The molecule has 1 spiro atoms. The van der Waals surface area contributed by atoms with Crippen LogP contribution in [-0.4, -0.2) is 39.1 Å². The van der Waals surface area contributed by atoms with E-state index in [-0.39, 0.29) is 11.5 Å². The van der Waals surface area contributed by atoms with Crippen molar-refractivity contribution in [1.29, 1.82) is 0 Å². The van der Waals surface area contributed by atoms with E-state index in [1.165, 1.54) is 0 Å². The van der Waals surface area contributed by atoms with Crippen LogP contribution >= 0.6 is 0 Å². The molecule has 0 amide bonds. The molecule has 2 aliphatic rings. The van der Waals surface area contributed by atoms with Gasteiger partial charge in [-0.2, -0.15) is 0 Å². The summed E-state index contributed by atoms with van der Waals surface area (Å²) in [6.45, 7) is 1.73. The molecule has 2 saturated heterocycles. The molecule has 0 aliphatic carbocycles. The van der Waals surface area contributed by atoms with Gasteiger partial charge in [-0.05, 0) is 12.8 Å². The van der Waals surface area contributed by atoms with E-state index >= 15 is 0 Å². The molecule has 4 nitrogen and oxygen atoms in total. The van der Waals surface area contributed by atoms with Crippen LogP contribution in [-0.2, 0) is 9.84 Å². The van der Waals surface area contributed by atoms with E-state index in [4.69, 9.17) is 5.73 Å². The molecule has 0 aromatic rings. The van der Waals surface area contributed by atoms with Gasteiger partial charge in [0, 0.05) is 24.5 Å². The lowest BCUT2D eigenvalue weighted by atomic mass is 9.78. The summed E-state index contributed by atoms with van der Waals surface area (Å²) in [6, 6.07) is 0.142. The van der Waals surface area contributed by atoms with Crippen LogP contribution in [0.5, 0.6) is 0 Å². The van der Waals surface area contributed by atoms with E-state index in [1.54, 1.807) is 0 Å². The second kappa shape index (κ2) is 2.93. The molecular weight excluding hydrogens is 188 g/mol. The molecule has 2 fully saturated rings. The molecule has 0 aromatic carbocycles. The van der Waals surface area contributed by atoms with E-state index in [1.807, 2.05) is 0 Å². The Morgan fingerprint density at radius 1 is 1.31 bits per heavy atom. The molecule has 2 rings (SSSR count). The van der Waals surface area contributed by atoms with Gasteiger partial charge in [0.25, 0.3) is 0 Å². The van der Waals surface area contributed by atoms with E-state index in [0.717, 1.165) is 25.9 Å². The molecule has 2 heterocycles. The van der Waals surface area contributed by atoms with Crippen molar-refractivity contribution in [3.05, 3.63) is 0 Å². The summed E-state index contributed by atoms with van der Waals surface area (Å²) in [5, 5.41) is 3.24. The van der Waals surface area contributed by atoms with Gasteiger partial charge in [-0.15, -0.1) is 0 Å². The highest BCUT2D eigenvalue weighted by molar-refractivity contribution is 7.91. The molecular formula is C8H16N2O2S. The molecule has 5 heteroatoms. The lowest BCUT2D eigenvalue weighted by Crippen LogP contribution is -2.46. The summed E-state index contributed by atoms with van der Waals surface area (Å²) >= 11 is 0. The van der Waals surface area contributed by atoms with E-state index in [9.17, 15) is 8.42 Å².